The Labute approximate surface area is 113 Å². The zero-order valence-electron chi connectivity index (χ0n) is 11.1. The molecule has 3 nitrogen and oxygen atoms in total. The summed E-state index contributed by atoms with van der Waals surface area (Å²) < 4.78 is 5.60. The fraction of sp³-hybridized carbons (Fsp3) is 0.250. The summed E-state index contributed by atoms with van der Waals surface area (Å²) in [5.74, 6) is 1.19. The van der Waals surface area contributed by atoms with Crippen molar-refractivity contribution in [2.45, 2.75) is 19.9 Å². The normalized spacial score (nSPS) is 10.2. The minimum absolute atomic E-state index is 0.278. The van der Waals surface area contributed by atoms with E-state index in [1.54, 1.807) is 12.1 Å². The van der Waals surface area contributed by atoms with Crippen molar-refractivity contribution in [2.24, 2.45) is 0 Å². The maximum absolute atomic E-state index is 9.22. The number of ether oxygens (including phenoxy) is 1. The third kappa shape index (κ3) is 4.21. The van der Waals surface area contributed by atoms with Gasteiger partial charge in [-0.25, -0.2) is 0 Å². The van der Waals surface area contributed by atoms with Crippen LogP contribution in [0.1, 0.15) is 18.9 Å². The highest BCUT2D eigenvalue weighted by molar-refractivity contribution is 5.46. The first-order valence-electron chi connectivity index (χ1n) is 6.52. The van der Waals surface area contributed by atoms with Crippen molar-refractivity contribution in [2.75, 3.05) is 11.9 Å². The Morgan fingerprint density at radius 3 is 2.63 bits per heavy atom. The van der Waals surface area contributed by atoms with Crippen LogP contribution in [0.5, 0.6) is 11.5 Å². The molecule has 0 spiro atoms. The molecule has 2 N–H and O–H groups in total. The number of aromatic hydroxyl groups is 1. The second-order valence-corrected chi connectivity index (χ2v) is 4.40. The fourth-order valence-electron chi connectivity index (χ4n) is 1.75. The van der Waals surface area contributed by atoms with Gasteiger partial charge in [-0.3, -0.25) is 0 Å². The molecule has 2 aromatic carbocycles. The molecule has 0 radical (unpaired) electrons. The highest BCUT2D eigenvalue weighted by Gasteiger charge is 1.98. The third-order valence-corrected chi connectivity index (χ3v) is 2.74. The molecule has 3 heteroatoms. The largest absolute Gasteiger partial charge is 0.508 e. The van der Waals surface area contributed by atoms with E-state index in [0.29, 0.717) is 0 Å². The van der Waals surface area contributed by atoms with Gasteiger partial charge in [0.15, 0.2) is 0 Å². The van der Waals surface area contributed by atoms with Gasteiger partial charge in [-0.2, -0.15) is 0 Å². The number of hydrogen-bond acceptors (Lipinski definition) is 3. The van der Waals surface area contributed by atoms with Crippen molar-refractivity contribution in [1.82, 2.24) is 0 Å². The van der Waals surface area contributed by atoms with E-state index >= 15 is 0 Å². The average molecular weight is 257 g/mol. The Morgan fingerprint density at radius 1 is 1.11 bits per heavy atom. The van der Waals surface area contributed by atoms with E-state index in [9.17, 15) is 5.11 Å². The van der Waals surface area contributed by atoms with Crippen molar-refractivity contribution in [3.8, 4) is 11.5 Å². The molecule has 0 amide bonds. The summed E-state index contributed by atoms with van der Waals surface area (Å²) >= 11 is 0. The van der Waals surface area contributed by atoms with E-state index in [0.717, 1.165) is 31.0 Å². The van der Waals surface area contributed by atoms with Crippen LogP contribution in [0, 0.1) is 0 Å². The molecule has 2 rings (SSSR count). The van der Waals surface area contributed by atoms with Crippen LogP contribution in [0.25, 0.3) is 0 Å². The molecular weight excluding hydrogens is 238 g/mol. The first-order valence-corrected chi connectivity index (χ1v) is 6.52. The second kappa shape index (κ2) is 6.69. The fourth-order valence-corrected chi connectivity index (χ4v) is 1.75. The smallest absolute Gasteiger partial charge is 0.119 e. The molecule has 0 aliphatic carbocycles. The highest BCUT2D eigenvalue weighted by atomic mass is 16.5. The van der Waals surface area contributed by atoms with Crippen LogP contribution >= 0.6 is 0 Å². The summed E-state index contributed by atoms with van der Waals surface area (Å²) in [5.41, 5.74) is 2.15. The van der Waals surface area contributed by atoms with Crippen molar-refractivity contribution in [3.05, 3.63) is 54.1 Å². The Hall–Kier alpha value is -2.16. The first kappa shape index (κ1) is 13.3. The summed E-state index contributed by atoms with van der Waals surface area (Å²) in [6.07, 6.45) is 1.01. The van der Waals surface area contributed by atoms with E-state index < -0.39 is 0 Å². The monoisotopic (exact) mass is 257 g/mol. The zero-order valence-corrected chi connectivity index (χ0v) is 11.1. The van der Waals surface area contributed by atoms with Gasteiger partial charge in [-0.05, 0) is 48.4 Å². The van der Waals surface area contributed by atoms with Crippen molar-refractivity contribution in [1.29, 1.82) is 0 Å². The number of phenols is 1. The topological polar surface area (TPSA) is 41.5 Å². The van der Waals surface area contributed by atoms with Crippen LogP contribution in [0.4, 0.5) is 5.69 Å². The van der Waals surface area contributed by atoms with Crippen LogP contribution < -0.4 is 10.1 Å². The molecule has 0 bridgehead atoms. The van der Waals surface area contributed by atoms with E-state index in [1.807, 2.05) is 30.3 Å². The molecule has 0 fully saturated rings. The lowest BCUT2D eigenvalue weighted by Crippen LogP contribution is -2.00. The van der Waals surface area contributed by atoms with Gasteiger partial charge in [0, 0.05) is 12.2 Å². The lowest BCUT2D eigenvalue weighted by Gasteiger charge is -2.09. The molecule has 0 aliphatic rings. The van der Waals surface area contributed by atoms with Gasteiger partial charge in [0.25, 0.3) is 0 Å². The number of rotatable bonds is 6. The molecule has 0 unspecified atom stereocenters. The molecule has 2 aromatic rings. The van der Waals surface area contributed by atoms with Gasteiger partial charge >= 0.3 is 0 Å². The Balaban J connectivity index is 1.93. The predicted octanol–water partition coefficient (Wildman–Crippen LogP) is 3.79. The Morgan fingerprint density at radius 2 is 1.89 bits per heavy atom. The molecule has 19 heavy (non-hydrogen) atoms. The standard InChI is InChI=1S/C16H19NO2/c1-2-10-19-16-5-3-4-13(11-16)12-17-14-6-8-15(18)9-7-14/h3-9,11,17-18H,2,10,12H2,1H3. The summed E-state index contributed by atoms with van der Waals surface area (Å²) in [6.45, 7) is 3.57. The summed E-state index contributed by atoms with van der Waals surface area (Å²) in [6, 6.07) is 15.1. The third-order valence-electron chi connectivity index (χ3n) is 2.74. The summed E-state index contributed by atoms with van der Waals surface area (Å²) in [7, 11) is 0. The number of hydrogen-bond donors (Lipinski definition) is 2. The van der Waals surface area contributed by atoms with E-state index in [2.05, 4.69) is 18.3 Å². The van der Waals surface area contributed by atoms with Crippen LogP contribution in [-0.2, 0) is 6.54 Å². The Kier molecular flexibility index (Phi) is 4.67. The first-order chi connectivity index (χ1) is 9.28. The van der Waals surface area contributed by atoms with Gasteiger partial charge in [-0.15, -0.1) is 0 Å². The van der Waals surface area contributed by atoms with E-state index in [1.165, 1.54) is 5.56 Å². The zero-order chi connectivity index (χ0) is 13.5. The summed E-state index contributed by atoms with van der Waals surface area (Å²) in [4.78, 5) is 0. The van der Waals surface area contributed by atoms with Gasteiger partial charge in [0.2, 0.25) is 0 Å². The molecule has 0 aliphatic heterocycles. The maximum atomic E-state index is 9.22. The maximum Gasteiger partial charge on any atom is 0.119 e. The highest BCUT2D eigenvalue weighted by Crippen LogP contribution is 2.17. The van der Waals surface area contributed by atoms with Gasteiger partial charge in [0.1, 0.15) is 11.5 Å². The Bertz CT molecular complexity index is 508. The molecule has 100 valence electrons. The predicted molar refractivity (Wildman–Crippen MR) is 77.7 cm³/mol. The summed E-state index contributed by atoms with van der Waals surface area (Å²) in [5, 5.41) is 12.5. The van der Waals surface area contributed by atoms with Crippen LogP contribution in [0.2, 0.25) is 0 Å². The van der Waals surface area contributed by atoms with Crippen molar-refractivity contribution >= 4 is 5.69 Å². The molecular formula is C16H19NO2. The molecule has 0 saturated heterocycles. The SMILES string of the molecule is CCCOc1cccc(CNc2ccc(O)cc2)c1. The van der Waals surface area contributed by atoms with Crippen LogP contribution in [0.3, 0.4) is 0 Å². The van der Waals surface area contributed by atoms with E-state index in [4.69, 9.17) is 4.74 Å². The molecule has 0 atom stereocenters. The molecule has 0 aromatic heterocycles. The van der Waals surface area contributed by atoms with Gasteiger partial charge < -0.3 is 15.2 Å². The molecule has 0 saturated carbocycles. The van der Waals surface area contributed by atoms with E-state index in [-0.39, 0.29) is 5.75 Å². The van der Waals surface area contributed by atoms with Gasteiger partial charge in [-0.1, -0.05) is 19.1 Å². The van der Waals surface area contributed by atoms with Crippen LogP contribution in [-0.4, -0.2) is 11.7 Å². The minimum atomic E-state index is 0.278. The second-order valence-electron chi connectivity index (χ2n) is 4.40. The number of nitrogens with one attached hydrogen (secondary N) is 1. The van der Waals surface area contributed by atoms with Crippen LogP contribution in [0.15, 0.2) is 48.5 Å². The van der Waals surface area contributed by atoms with Gasteiger partial charge in [0.05, 0.1) is 6.61 Å². The number of anilines is 1. The quantitative estimate of drug-likeness (QED) is 0.773. The minimum Gasteiger partial charge on any atom is -0.508 e. The average Bonchev–Trinajstić information content (AvgIpc) is 2.45. The van der Waals surface area contributed by atoms with Crippen molar-refractivity contribution in [3.63, 3.8) is 0 Å². The molecule has 0 heterocycles. The lowest BCUT2D eigenvalue weighted by molar-refractivity contribution is 0.317. The number of phenolic OH excluding ortho intramolecular Hbond substituents is 1. The lowest BCUT2D eigenvalue weighted by atomic mass is 10.2. The van der Waals surface area contributed by atoms with Crippen molar-refractivity contribution < 1.29 is 9.84 Å². The number of benzene rings is 2.